The van der Waals surface area contributed by atoms with Crippen molar-refractivity contribution in [1.29, 1.82) is 0 Å². The summed E-state index contributed by atoms with van der Waals surface area (Å²) in [6.45, 7) is 13.3. The van der Waals surface area contributed by atoms with Gasteiger partial charge in [-0.2, -0.15) is 4.58 Å². The molecule has 3 aromatic carbocycles. The number of fused-ring (bicyclic) bond motifs is 2. The Hall–Kier alpha value is -4.36. The molecule has 2 heterocycles. The molecule has 9 heteroatoms. The molecule has 0 bridgehead atoms. The highest BCUT2D eigenvalue weighted by atomic mass is 31.2. The van der Waals surface area contributed by atoms with Crippen LogP contribution in [0.1, 0.15) is 44.4 Å². The van der Waals surface area contributed by atoms with Crippen LogP contribution in [0.25, 0.3) is 0 Å². The first-order valence-corrected chi connectivity index (χ1v) is 17.1. The average molecular weight is 638 g/mol. The van der Waals surface area contributed by atoms with Crippen molar-refractivity contribution in [2.75, 3.05) is 25.0 Å². The number of hydrogen-bond donors (Lipinski definition) is 1. The fourth-order valence-electron chi connectivity index (χ4n) is 6.50. The maximum absolute atomic E-state index is 13.5. The summed E-state index contributed by atoms with van der Waals surface area (Å²) in [6, 6.07) is 23.1. The van der Waals surface area contributed by atoms with Crippen LogP contribution in [-0.4, -0.2) is 35.3 Å². The number of nitro benzene ring substituents is 1. The van der Waals surface area contributed by atoms with Gasteiger partial charge in [-0.15, -0.1) is 0 Å². The number of rotatable bonds is 12. The van der Waals surface area contributed by atoms with Gasteiger partial charge in [0.1, 0.15) is 7.05 Å². The summed E-state index contributed by atoms with van der Waals surface area (Å²) < 4.78 is 21.4. The Morgan fingerprint density at radius 3 is 2.35 bits per heavy atom. The third kappa shape index (κ3) is 6.34. The van der Waals surface area contributed by atoms with Crippen LogP contribution in [0.15, 0.2) is 121 Å². The summed E-state index contributed by atoms with van der Waals surface area (Å²) in [5.41, 5.74) is 7.17. The molecule has 0 aliphatic carbocycles. The molecule has 5 rings (SSSR count). The lowest BCUT2D eigenvalue weighted by atomic mass is 9.81. The molecule has 238 valence electrons. The molecule has 0 fully saturated rings. The second-order valence-electron chi connectivity index (χ2n) is 12.5. The highest BCUT2D eigenvalue weighted by Crippen LogP contribution is 2.48. The van der Waals surface area contributed by atoms with Crippen molar-refractivity contribution in [1.82, 2.24) is 5.09 Å². The van der Waals surface area contributed by atoms with E-state index in [1.807, 2.05) is 6.07 Å². The molecule has 3 aromatic rings. The molecule has 0 saturated carbocycles. The Kier molecular flexibility index (Phi) is 9.45. The highest BCUT2D eigenvalue weighted by molar-refractivity contribution is 7.60. The molecule has 0 aromatic heterocycles. The Morgan fingerprint density at radius 1 is 0.957 bits per heavy atom. The third-order valence-electron chi connectivity index (χ3n) is 8.98. The zero-order valence-electron chi connectivity index (χ0n) is 27.1. The number of anilines is 1. The standard InChI is InChI=1S/C37H42N4O4P/c1-7-46(44,45-27-28-17-11-14-20-31(28)41(42)43)38-25-26-40-33-22-16-13-19-30(33)37(4,5)35(40)24-10-8-9-23-34-36(2,3)29-18-12-15-21-32(29)39(34)6/h7-24H,1,25-27H2,2-6H3,(H,38,44)/q+1. The topological polar surface area (TPSA) is 87.7 Å². The minimum absolute atomic E-state index is 0.0747. The molecule has 2 aliphatic rings. The predicted octanol–water partition coefficient (Wildman–Crippen LogP) is 8.54. The predicted molar refractivity (Wildman–Crippen MR) is 187 cm³/mol. The van der Waals surface area contributed by atoms with Gasteiger partial charge in [-0.05, 0) is 37.6 Å². The monoisotopic (exact) mass is 637 g/mol. The van der Waals surface area contributed by atoms with Crippen LogP contribution >= 0.6 is 7.52 Å². The molecular formula is C37H42N4O4P+. The minimum Gasteiger partial charge on any atom is -0.343 e. The van der Waals surface area contributed by atoms with E-state index in [4.69, 9.17) is 4.52 Å². The maximum atomic E-state index is 13.5. The van der Waals surface area contributed by atoms with Crippen molar-refractivity contribution in [3.8, 4) is 0 Å². The summed E-state index contributed by atoms with van der Waals surface area (Å²) in [7, 11) is -1.36. The molecule has 2 aliphatic heterocycles. The van der Waals surface area contributed by atoms with Crippen LogP contribution in [0.2, 0.25) is 0 Å². The molecule has 0 radical (unpaired) electrons. The molecule has 1 N–H and O–H groups in total. The van der Waals surface area contributed by atoms with Crippen molar-refractivity contribution < 1.29 is 18.6 Å². The Balaban J connectivity index is 1.31. The highest BCUT2D eigenvalue weighted by Gasteiger charge is 2.42. The SMILES string of the molecule is C=CP(=O)(NCCN1/C(=C/C=C/C=C/C2=[N+](C)c3ccccc3C2(C)C)C(C)(C)c2ccccc21)OCc1ccccc1[N+](=O)[O-]. The Labute approximate surface area is 271 Å². The summed E-state index contributed by atoms with van der Waals surface area (Å²) in [6.07, 6.45) is 10.5. The second-order valence-corrected chi connectivity index (χ2v) is 14.7. The van der Waals surface area contributed by atoms with Crippen LogP contribution in [0, 0.1) is 10.1 Å². The first-order chi connectivity index (χ1) is 21.9. The normalized spacial score (nSPS) is 18.7. The molecule has 0 saturated heterocycles. The van der Waals surface area contributed by atoms with E-state index in [1.54, 1.807) is 18.2 Å². The first kappa shape index (κ1) is 33.0. The van der Waals surface area contributed by atoms with Gasteiger partial charge in [0.2, 0.25) is 5.69 Å². The van der Waals surface area contributed by atoms with Gasteiger partial charge < -0.3 is 9.42 Å². The Bertz CT molecular complexity index is 1840. The summed E-state index contributed by atoms with van der Waals surface area (Å²) in [5, 5.41) is 14.4. The largest absolute Gasteiger partial charge is 0.343 e. The molecule has 8 nitrogen and oxygen atoms in total. The number of nitrogens with zero attached hydrogens (tertiary/aromatic N) is 3. The van der Waals surface area contributed by atoms with Gasteiger partial charge in [0, 0.05) is 59.5 Å². The quantitative estimate of drug-likeness (QED) is 0.0704. The summed E-state index contributed by atoms with van der Waals surface area (Å²) in [4.78, 5) is 13.2. The summed E-state index contributed by atoms with van der Waals surface area (Å²) in [5.74, 6) is 1.26. The maximum Gasteiger partial charge on any atom is 0.292 e. The molecular weight excluding hydrogens is 595 g/mol. The van der Waals surface area contributed by atoms with E-state index >= 15 is 0 Å². The molecule has 46 heavy (non-hydrogen) atoms. The number of nitrogens with one attached hydrogen (secondary N) is 1. The average Bonchev–Trinajstić information content (AvgIpc) is 3.38. The van der Waals surface area contributed by atoms with E-state index in [0.717, 1.165) is 11.4 Å². The lowest BCUT2D eigenvalue weighted by Gasteiger charge is -2.27. The van der Waals surface area contributed by atoms with Crippen molar-refractivity contribution in [2.45, 2.75) is 45.1 Å². The van der Waals surface area contributed by atoms with Gasteiger partial charge in [0.25, 0.3) is 13.2 Å². The van der Waals surface area contributed by atoms with E-state index in [9.17, 15) is 14.7 Å². The lowest BCUT2D eigenvalue weighted by molar-refractivity contribution is -0.401. The fraction of sp³-hybridized carbons (Fsp3) is 0.270. The van der Waals surface area contributed by atoms with Crippen LogP contribution in [0.3, 0.4) is 0 Å². The van der Waals surface area contributed by atoms with Crippen LogP contribution in [0.5, 0.6) is 0 Å². The van der Waals surface area contributed by atoms with Gasteiger partial charge in [0.05, 0.1) is 22.5 Å². The number of nitro groups is 1. The Morgan fingerprint density at radius 2 is 1.63 bits per heavy atom. The number of hydrogen-bond acceptors (Lipinski definition) is 5. The summed E-state index contributed by atoms with van der Waals surface area (Å²) >= 11 is 0. The van der Waals surface area contributed by atoms with E-state index in [0.29, 0.717) is 18.7 Å². The molecule has 0 amide bonds. The van der Waals surface area contributed by atoms with Crippen molar-refractivity contribution in [3.63, 3.8) is 0 Å². The number of allylic oxidation sites excluding steroid dienone is 6. The lowest BCUT2D eigenvalue weighted by Crippen LogP contribution is -2.32. The van der Waals surface area contributed by atoms with Gasteiger partial charge >= 0.3 is 0 Å². The number of para-hydroxylation sites is 3. The fourth-order valence-corrected chi connectivity index (χ4v) is 7.57. The third-order valence-corrected chi connectivity index (χ3v) is 10.6. The van der Waals surface area contributed by atoms with Gasteiger partial charge in [-0.25, -0.2) is 5.09 Å². The second kappa shape index (κ2) is 13.2. The van der Waals surface area contributed by atoms with Crippen LogP contribution < -0.4 is 9.99 Å². The van der Waals surface area contributed by atoms with Gasteiger partial charge in [-0.1, -0.05) is 87.2 Å². The van der Waals surface area contributed by atoms with Crippen molar-refractivity contribution >= 4 is 30.3 Å². The van der Waals surface area contributed by atoms with Gasteiger partial charge in [0.15, 0.2) is 5.71 Å². The zero-order chi connectivity index (χ0) is 33.1. The van der Waals surface area contributed by atoms with Crippen LogP contribution in [0.4, 0.5) is 17.1 Å². The first-order valence-electron chi connectivity index (χ1n) is 15.4. The van der Waals surface area contributed by atoms with Crippen molar-refractivity contribution in [3.05, 3.63) is 148 Å². The van der Waals surface area contributed by atoms with Crippen LogP contribution in [-0.2, 0) is 26.5 Å². The molecule has 1 unspecified atom stereocenters. The van der Waals surface area contributed by atoms with Gasteiger partial charge in [-0.3, -0.25) is 14.7 Å². The smallest absolute Gasteiger partial charge is 0.292 e. The van der Waals surface area contributed by atoms with E-state index < -0.39 is 12.4 Å². The number of benzene rings is 3. The van der Waals surface area contributed by atoms with E-state index in [2.05, 4.69) is 129 Å². The van der Waals surface area contributed by atoms with E-state index in [1.165, 1.54) is 34.4 Å². The van der Waals surface area contributed by atoms with Crippen molar-refractivity contribution in [2.24, 2.45) is 0 Å². The molecule has 1 atom stereocenters. The zero-order valence-corrected chi connectivity index (χ0v) is 28.0. The minimum atomic E-state index is -3.47. The van der Waals surface area contributed by atoms with E-state index in [-0.39, 0.29) is 23.1 Å². The molecule has 0 spiro atoms.